The van der Waals surface area contributed by atoms with Gasteiger partial charge in [-0.1, -0.05) is 18.2 Å². The normalized spacial score (nSPS) is 15.5. The SMILES string of the molecule is COc1ccccc1C1CCN(C(=O)c2cnc3ccnn3c2)CC1. The molecule has 128 valence electrons. The fourth-order valence-corrected chi connectivity index (χ4v) is 3.50. The van der Waals surface area contributed by atoms with E-state index in [1.54, 1.807) is 30.2 Å². The van der Waals surface area contributed by atoms with Crippen molar-refractivity contribution in [1.82, 2.24) is 19.5 Å². The average molecular weight is 336 g/mol. The molecule has 1 aromatic carbocycles. The van der Waals surface area contributed by atoms with Crippen LogP contribution in [-0.2, 0) is 0 Å². The number of hydrogen-bond acceptors (Lipinski definition) is 4. The maximum atomic E-state index is 12.8. The molecule has 0 saturated carbocycles. The van der Waals surface area contributed by atoms with Crippen molar-refractivity contribution >= 4 is 11.6 Å². The van der Waals surface area contributed by atoms with Gasteiger partial charge in [0.15, 0.2) is 5.65 Å². The van der Waals surface area contributed by atoms with E-state index in [9.17, 15) is 4.79 Å². The minimum absolute atomic E-state index is 0.0170. The number of amides is 1. The van der Waals surface area contributed by atoms with Crippen molar-refractivity contribution in [3.63, 3.8) is 0 Å². The molecule has 3 heterocycles. The van der Waals surface area contributed by atoms with Crippen molar-refractivity contribution in [2.75, 3.05) is 20.2 Å². The maximum absolute atomic E-state index is 12.8. The van der Waals surface area contributed by atoms with Crippen LogP contribution in [0.3, 0.4) is 0 Å². The number of hydrogen-bond donors (Lipinski definition) is 0. The molecule has 4 rings (SSSR count). The molecule has 6 nitrogen and oxygen atoms in total. The average Bonchev–Trinajstić information content (AvgIpc) is 3.15. The first kappa shape index (κ1) is 15.6. The lowest BCUT2D eigenvalue weighted by atomic mass is 9.88. The Morgan fingerprint density at radius 3 is 2.80 bits per heavy atom. The van der Waals surface area contributed by atoms with Crippen LogP contribution in [-0.4, -0.2) is 45.6 Å². The van der Waals surface area contributed by atoms with Gasteiger partial charge in [0.2, 0.25) is 0 Å². The van der Waals surface area contributed by atoms with Crippen LogP contribution in [0.4, 0.5) is 0 Å². The Hall–Kier alpha value is -2.89. The van der Waals surface area contributed by atoms with E-state index in [-0.39, 0.29) is 5.91 Å². The zero-order valence-corrected chi connectivity index (χ0v) is 14.1. The van der Waals surface area contributed by atoms with Gasteiger partial charge in [-0.05, 0) is 30.4 Å². The van der Waals surface area contributed by atoms with Crippen LogP contribution in [0, 0.1) is 0 Å². The predicted octanol–water partition coefficient (Wildman–Crippen LogP) is 2.76. The maximum Gasteiger partial charge on any atom is 0.256 e. The number of ether oxygens (including phenoxy) is 1. The number of methoxy groups -OCH3 is 1. The lowest BCUT2D eigenvalue weighted by Crippen LogP contribution is -2.38. The Morgan fingerprint density at radius 1 is 1.20 bits per heavy atom. The second kappa shape index (κ2) is 6.55. The summed E-state index contributed by atoms with van der Waals surface area (Å²) < 4.78 is 7.11. The Bertz CT molecular complexity index is 897. The molecule has 2 aromatic heterocycles. The van der Waals surface area contributed by atoms with Crippen molar-refractivity contribution in [3.8, 4) is 5.75 Å². The zero-order valence-electron chi connectivity index (χ0n) is 14.1. The lowest BCUT2D eigenvalue weighted by Gasteiger charge is -2.32. The highest BCUT2D eigenvalue weighted by Crippen LogP contribution is 2.34. The highest BCUT2D eigenvalue weighted by atomic mass is 16.5. The number of fused-ring (bicyclic) bond motifs is 1. The highest BCUT2D eigenvalue weighted by molar-refractivity contribution is 5.93. The highest BCUT2D eigenvalue weighted by Gasteiger charge is 2.26. The third-order valence-electron chi connectivity index (χ3n) is 4.85. The number of likely N-dealkylation sites (tertiary alicyclic amines) is 1. The molecule has 0 atom stereocenters. The third-order valence-corrected chi connectivity index (χ3v) is 4.85. The minimum Gasteiger partial charge on any atom is -0.496 e. The Balaban J connectivity index is 1.46. The summed E-state index contributed by atoms with van der Waals surface area (Å²) in [6, 6.07) is 9.96. The first-order chi connectivity index (χ1) is 12.3. The summed E-state index contributed by atoms with van der Waals surface area (Å²) in [5.41, 5.74) is 2.55. The number of carbonyl (C=O) groups excluding carboxylic acids is 1. The van der Waals surface area contributed by atoms with E-state index in [1.807, 2.05) is 29.2 Å². The number of rotatable bonds is 3. The number of aromatic nitrogens is 3. The standard InChI is InChI=1S/C19H20N4O2/c1-25-17-5-3-2-4-16(17)14-7-10-22(11-8-14)19(24)15-12-20-18-6-9-21-23(18)13-15/h2-6,9,12-14H,7-8,10-11H2,1H3. The van der Waals surface area contributed by atoms with E-state index >= 15 is 0 Å². The number of piperidine rings is 1. The second-order valence-electron chi connectivity index (χ2n) is 6.29. The quantitative estimate of drug-likeness (QED) is 0.738. The van der Waals surface area contributed by atoms with Gasteiger partial charge in [0.05, 0.1) is 18.9 Å². The molecule has 0 N–H and O–H groups in total. The fraction of sp³-hybridized carbons (Fsp3) is 0.316. The zero-order chi connectivity index (χ0) is 17.2. The Labute approximate surface area is 146 Å². The van der Waals surface area contributed by atoms with Crippen molar-refractivity contribution in [2.24, 2.45) is 0 Å². The molecule has 1 aliphatic heterocycles. The Morgan fingerprint density at radius 2 is 2.00 bits per heavy atom. The molecule has 0 radical (unpaired) electrons. The van der Waals surface area contributed by atoms with E-state index in [0.29, 0.717) is 11.5 Å². The van der Waals surface area contributed by atoms with Crippen molar-refractivity contribution in [1.29, 1.82) is 0 Å². The summed E-state index contributed by atoms with van der Waals surface area (Å²) >= 11 is 0. The summed E-state index contributed by atoms with van der Waals surface area (Å²) in [4.78, 5) is 18.9. The molecular weight excluding hydrogens is 316 g/mol. The van der Waals surface area contributed by atoms with Gasteiger partial charge in [-0.15, -0.1) is 0 Å². The van der Waals surface area contributed by atoms with Gasteiger partial charge in [0.1, 0.15) is 5.75 Å². The van der Waals surface area contributed by atoms with Crippen LogP contribution in [0.25, 0.3) is 5.65 Å². The monoisotopic (exact) mass is 336 g/mol. The first-order valence-electron chi connectivity index (χ1n) is 8.48. The second-order valence-corrected chi connectivity index (χ2v) is 6.29. The number of para-hydroxylation sites is 1. The van der Waals surface area contributed by atoms with Crippen LogP contribution in [0.2, 0.25) is 0 Å². The first-order valence-corrected chi connectivity index (χ1v) is 8.48. The van der Waals surface area contributed by atoms with E-state index in [0.717, 1.165) is 37.3 Å². The van der Waals surface area contributed by atoms with Crippen molar-refractivity contribution in [3.05, 3.63) is 60.0 Å². The van der Waals surface area contributed by atoms with Gasteiger partial charge >= 0.3 is 0 Å². The molecule has 1 saturated heterocycles. The molecule has 1 fully saturated rings. The molecule has 0 unspecified atom stereocenters. The van der Waals surface area contributed by atoms with Crippen LogP contribution in [0.5, 0.6) is 5.75 Å². The molecule has 1 amide bonds. The van der Waals surface area contributed by atoms with E-state index < -0.39 is 0 Å². The molecule has 3 aromatic rings. The molecule has 6 heteroatoms. The fourth-order valence-electron chi connectivity index (χ4n) is 3.50. The van der Waals surface area contributed by atoms with Gasteiger partial charge in [-0.3, -0.25) is 4.79 Å². The molecule has 0 bridgehead atoms. The van der Waals surface area contributed by atoms with Gasteiger partial charge in [0, 0.05) is 31.5 Å². The van der Waals surface area contributed by atoms with Crippen molar-refractivity contribution in [2.45, 2.75) is 18.8 Å². The number of nitrogens with zero attached hydrogens (tertiary/aromatic N) is 4. The van der Waals surface area contributed by atoms with E-state index in [1.165, 1.54) is 5.56 Å². The molecule has 1 aliphatic rings. The van der Waals surface area contributed by atoms with Crippen molar-refractivity contribution < 1.29 is 9.53 Å². The van der Waals surface area contributed by atoms with Crippen LogP contribution in [0.15, 0.2) is 48.9 Å². The summed E-state index contributed by atoms with van der Waals surface area (Å²) in [5, 5.41) is 4.15. The number of carbonyl (C=O) groups is 1. The van der Waals surface area contributed by atoms with Crippen LogP contribution in [0.1, 0.15) is 34.7 Å². The molecule has 25 heavy (non-hydrogen) atoms. The molecule has 0 aliphatic carbocycles. The topological polar surface area (TPSA) is 59.7 Å². The summed E-state index contributed by atoms with van der Waals surface area (Å²) in [6.45, 7) is 1.47. The molecule has 0 spiro atoms. The number of benzene rings is 1. The molecular formula is C19H20N4O2. The summed E-state index contributed by atoms with van der Waals surface area (Å²) in [6.07, 6.45) is 6.92. The largest absolute Gasteiger partial charge is 0.496 e. The minimum atomic E-state index is 0.0170. The third kappa shape index (κ3) is 2.95. The van der Waals surface area contributed by atoms with Gasteiger partial charge in [0.25, 0.3) is 5.91 Å². The van der Waals surface area contributed by atoms with E-state index in [2.05, 4.69) is 16.1 Å². The van der Waals surface area contributed by atoms with Gasteiger partial charge < -0.3 is 9.64 Å². The summed E-state index contributed by atoms with van der Waals surface area (Å²) in [7, 11) is 1.70. The van der Waals surface area contributed by atoms with Gasteiger partial charge in [-0.25, -0.2) is 9.50 Å². The smallest absolute Gasteiger partial charge is 0.256 e. The van der Waals surface area contributed by atoms with Crippen LogP contribution < -0.4 is 4.74 Å². The van der Waals surface area contributed by atoms with E-state index in [4.69, 9.17) is 4.74 Å². The lowest BCUT2D eigenvalue weighted by molar-refractivity contribution is 0.0711. The van der Waals surface area contributed by atoms with Gasteiger partial charge in [-0.2, -0.15) is 5.10 Å². The van der Waals surface area contributed by atoms with Crippen LogP contribution >= 0.6 is 0 Å². The summed E-state index contributed by atoms with van der Waals surface area (Å²) in [5.74, 6) is 1.37. The Kier molecular flexibility index (Phi) is 4.09. The predicted molar refractivity (Wildman–Crippen MR) is 93.9 cm³/mol.